The van der Waals surface area contributed by atoms with Crippen molar-refractivity contribution < 1.29 is 0 Å². The van der Waals surface area contributed by atoms with E-state index in [1.807, 2.05) is 24.3 Å². The second kappa shape index (κ2) is 5.92. The molecule has 26 heavy (non-hydrogen) atoms. The van der Waals surface area contributed by atoms with Crippen LogP contribution in [-0.2, 0) is 0 Å². The Morgan fingerprint density at radius 2 is 1.27 bits per heavy atom. The summed E-state index contributed by atoms with van der Waals surface area (Å²) >= 11 is 0. The molecule has 2 heteroatoms. The minimum absolute atomic E-state index is 0.804. The van der Waals surface area contributed by atoms with E-state index in [4.69, 9.17) is 7.85 Å². The lowest BCUT2D eigenvalue weighted by Crippen LogP contribution is -2.05. The largest absolute Gasteiger partial charge is 0.309 e. The number of nitrogens with zero attached hydrogens (tertiary/aromatic N) is 1. The van der Waals surface area contributed by atoms with Crippen LogP contribution >= 0.6 is 0 Å². The molecule has 120 valence electrons. The molecule has 2 radical (unpaired) electrons. The Bertz CT molecular complexity index is 1240. The van der Waals surface area contributed by atoms with E-state index in [0.29, 0.717) is 0 Å². The molecule has 0 N–H and O–H groups in total. The third-order valence-electron chi connectivity index (χ3n) is 4.96. The molecule has 0 bridgehead atoms. The second-order valence-corrected chi connectivity index (χ2v) is 6.51. The Morgan fingerprint density at radius 3 is 2.12 bits per heavy atom. The minimum Gasteiger partial charge on any atom is -0.309 e. The van der Waals surface area contributed by atoms with Gasteiger partial charge in [-0.25, -0.2) is 0 Å². The van der Waals surface area contributed by atoms with Gasteiger partial charge in [0, 0.05) is 16.5 Å². The number of rotatable bonds is 2. The molecule has 0 aliphatic carbocycles. The van der Waals surface area contributed by atoms with E-state index < -0.39 is 0 Å². The van der Waals surface area contributed by atoms with Crippen LogP contribution in [0.5, 0.6) is 0 Å². The third kappa shape index (κ3) is 2.27. The number of fused-ring (bicyclic) bond motifs is 3. The highest BCUT2D eigenvalue weighted by Crippen LogP contribution is 2.34. The first-order valence-corrected chi connectivity index (χ1v) is 8.76. The van der Waals surface area contributed by atoms with Crippen LogP contribution in [0, 0.1) is 0 Å². The van der Waals surface area contributed by atoms with Crippen molar-refractivity contribution in [3.63, 3.8) is 0 Å². The van der Waals surface area contributed by atoms with Crippen LogP contribution in [0.25, 0.3) is 38.6 Å². The molecule has 0 saturated heterocycles. The molecule has 0 saturated carbocycles. The minimum atomic E-state index is 0.804. The van der Waals surface area contributed by atoms with Gasteiger partial charge in [0.25, 0.3) is 0 Å². The molecule has 0 atom stereocenters. The monoisotopic (exact) mass is 329 g/mol. The van der Waals surface area contributed by atoms with Crippen LogP contribution < -0.4 is 5.46 Å². The highest BCUT2D eigenvalue weighted by atomic mass is 15.0. The first-order valence-electron chi connectivity index (χ1n) is 8.76. The summed E-state index contributed by atoms with van der Waals surface area (Å²) < 4.78 is 2.32. The topological polar surface area (TPSA) is 4.93 Å². The fraction of sp³-hybridized carbons (Fsp3) is 0. The summed E-state index contributed by atoms with van der Waals surface area (Å²) in [6, 6.07) is 33.7. The second-order valence-electron chi connectivity index (χ2n) is 6.51. The Balaban J connectivity index is 1.86. The molecular formula is C24H16BN. The lowest BCUT2D eigenvalue weighted by molar-refractivity contribution is 1.18. The standard InChI is InChI=1S/C24H16BN/c25-22-12-6-4-10-19(22)17-14-15-24-21(16-17)20-11-5-7-13-23(20)26(24)18-8-2-1-3-9-18/h1-16H. The van der Waals surface area contributed by atoms with Gasteiger partial charge in [-0.2, -0.15) is 0 Å². The summed E-state index contributed by atoms with van der Waals surface area (Å²) in [5.74, 6) is 0. The highest BCUT2D eigenvalue weighted by molar-refractivity contribution is 6.36. The molecule has 5 rings (SSSR count). The van der Waals surface area contributed by atoms with Gasteiger partial charge in [-0.1, -0.05) is 72.2 Å². The summed E-state index contributed by atoms with van der Waals surface area (Å²) in [6.45, 7) is 0. The molecule has 0 amide bonds. The van der Waals surface area contributed by atoms with Crippen LogP contribution in [0.3, 0.4) is 0 Å². The summed E-state index contributed by atoms with van der Waals surface area (Å²) in [5.41, 5.74) is 6.62. The molecule has 0 spiro atoms. The molecule has 0 aliphatic heterocycles. The van der Waals surface area contributed by atoms with Crippen LogP contribution in [0.4, 0.5) is 0 Å². The number of benzene rings is 4. The van der Waals surface area contributed by atoms with Gasteiger partial charge in [0.2, 0.25) is 0 Å². The maximum atomic E-state index is 6.20. The summed E-state index contributed by atoms with van der Waals surface area (Å²) in [5, 5.41) is 2.49. The average Bonchev–Trinajstić information content (AvgIpc) is 3.03. The molecule has 1 nitrogen and oxygen atoms in total. The molecule has 4 aromatic carbocycles. The van der Waals surface area contributed by atoms with E-state index in [1.54, 1.807) is 0 Å². The van der Waals surface area contributed by atoms with E-state index in [1.165, 1.54) is 27.5 Å². The Hall–Kier alpha value is -3.26. The SMILES string of the molecule is [B]c1ccccc1-c1ccc2c(c1)c1ccccc1n2-c1ccccc1. The zero-order valence-corrected chi connectivity index (χ0v) is 14.3. The zero-order chi connectivity index (χ0) is 17.5. The van der Waals surface area contributed by atoms with Gasteiger partial charge in [0.1, 0.15) is 7.85 Å². The van der Waals surface area contributed by atoms with Crippen molar-refractivity contribution >= 4 is 35.1 Å². The van der Waals surface area contributed by atoms with E-state index >= 15 is 0 Å². The van der Waals surface area contributed by atoms with Gasteiger partial charge < -0.3 is 4.57 Å². The fourth-order valence-electron chi connectivity index (χ4n) is 3.76. The quantitative estimate of drug-likeness (QED) is 0.390. The molecule has 1 heterocycles. The van der Waals surface area contributed by atoms with Crippen molar-refractivity contribution in [1.82, 2.24) is 4.57 Å². The summed E-state index contributed by atoms with van der Waals surface area (Å²) in [4.78, 5) is 0. The van der Waals surface area contributed by atoms with Gasteiger partial charge in [-0.3, -0.25) is 0 Å². The molecule has 0 unspecified atom stereocenters. The average molecular weight is 329 g/mol. The summed E-state index contributed by atoms with van der Waals surface area (Å²) in [7, 11) is 6.20. The fourth-order valence-corrected chi connectivity index (χ4v) is 3.76. The predicted octanol–water partition coefficient (Wildman–Crippen LogP) is 5.24. The van der Waals surface area contributed by atoms with Gasteiger partial charge in [0.15, 0.2) is 0 Å². The maximum Gasteiger partial charge on any atom is 0.114 e. The van der Waals surface area contributed by atoms with E-state index in [-0.39, 0.29) is 0 Å². The maximum absolute atomic E-state index is 6.20. The normalized spacial score (nSPS) is 11.2. The molecule has 1 aromatic heterocycles. The first-order chi connectivity index (χ1) is 12.8. The van der Waals surface area contributed by atoms with Crippen molar-refractivity contribution in [1.29, 1.82) is 0 Å². The van der Waals surface area contributed by atoms with Gasteiger partial charge >= 0.3 is 0 Å². The zero-order valence-electron chi connectivity index (χ0n) is 14.3. The predicted molar refractivity (Wildman–Crippen MR) is 112 cm³/mol. The van der Waals surface area contributed by atoms with E-state index in [2.05, 4.69) is 77.4 Å². The van der Waals surface area contributed by atoms with Gasteiger partial charge in [-0.05, 0) is 41.5 Å². The van der Waals surface area contributed by atoms with E-state index in [0.717, 1.165) is 16.6 Å². The Kier molecular flexibility index (Phi) is 3.43. The molecule has 5 aromatic rings. The van der Waals surface area contributed by atoms with Crippen molar-refractivity contribution in [2.75, 3.05) is 0 Å². The lowest BCUT2D eigenvalue weighted by Gasteiger charge is -2.09. The van der Waals surface area contributed by atoms with Gasteiger partial charge in [0.05, 0.1) is 11.0 Å². The molecule has 0 aliphatic rings. The smallest absolute Gasteiger partial charge is 0.114 e. The first kappa shape index (κ1) is 15.0. The molecule has 0 fully saturated rings. The number of para-hydroxylation sites is 2. The van der Waals surface area contributed by atoms with Crippen molar-refractivity contribution in [2.24, 2.45) is 0 Å². The van der Waals surface area contributed by atoms with Crippen LogP contribution in [0.1, 0.15) is 0 Å². The van der Waals surface area contributed by atoms with Crippen LogP contribution in [0.2, 0.25) is 0 Å². The van der Waals surface area contributed by atoms with Crippen molar-refractivity contribution in [3.05, 3.63) is 97.1 Å². The summed E-state index contributed by atoms with van der Waals surface area (Å²) in [6.07, 6.45) is 0. The Morgan fingerprint density at radius 1 is 0.577 bits per heavy atom. The highest BCUT2D eigenvalue weighted by Gasteiger charge is 2.13. The lowest BCUT2D eigenvalue weighted by atomic mass is 9.87. The van der Waals surface area contributed by atoms with Gasteiger partial charge in [-0.15, -0.1) is 0 Å². The Labute approximate surface area is 153 Å². The number of hydrogen-bond donors (Lipinski definition) is 0. The van der Waals surface area contributed by atoms with Crippen LogP contribution in [-0.4, -0.2) is 12.4 Å². The van der Waals surface area contributed by atoms with Crippen LogP contribution in [0.15, 0.2) is 97.1 Å². The van der Waals surface area contributed by atoms with Crippen molar-refractivity contribution in [3.8, 4) is 16.8 Å². The van der Waals surface area contributed by atoms with E-state index in [9.17, 15) is 0 Å². The van der Waals surface area contributed by atoms with Crippen molar-refractivity contribution in [2.45, 2.75) is 0 Å². The molecular weight excluding hydrogens is 313 g/mol. The number of aromatic nitrogens is 1. The number of hydrogen-bond acceptors (Lipinski definition) is 0. The third-order valence-corrected chi connectivity index (χ3v) is 4.96.